The molecule has 0 fully saturated rings. The third-order valence-corrected chi connectivity index (χ3v) is 13.0. The molecule has 0 aliphatic rings. The van der Waals surface area contributed by atoms with Crippen molar-refractivity contribution in [3.05, 3.63) is 60.8 Å². The Morgan fingerprint density at radius 1 is 0.471 bits per heavy atom. The highest BCUT2D eigenvalue weighted by Gasteiger charge is 2.21. The van der Waals surface area contributed by atoms with Gasteiger partial charge in [-0.2, -0.15) is 0 Å². The molecule has 0 aliphatic heterocycles. The van der Waals surface area contributed by atoms with E-state index in [9.17, 15) is 19.0 Å². The lowest BCUT2D eigenvalue weighted by molar-refractivity contribution is -0.870. The first kappa shape index (κ1) is 65.7. The van der Waals surface area contributed by atoms with Crippen molar-refractivity contribution in [2.75, 3.05) is 47.5 Å². The van der Waals surface area contributed by atoms with Crippen LogP contribution in [-0.2, 0) is 32.7 Å². The predicted octanol–water partition coefficient (Wildman–Crippen LogP) is 16.5. The number of rotatable bonds is 51. The van der Waals surface area contributed by atoms with Gasteiger partial charge >= 0.3 is 11.9 Å². The predicted molar refractivity (Wildman–Crippen MR) is 287 cm³/mol. The van der Waals surface area contributed by atoms with Crippen molar-refractivity contribution in [2.24, 2.45) is 0 Å². The number of quaternary nitrogens is 1. The molecule has 0 spiro atoms. The van der Waals surface area contributed by atoms with Crippen molar-refractivity contribution in [1.82, 2.24) is 0 Å². The molecule has 0 saturated heterocycles. The highest BCUT2D eigenvalue weighted by molar-refractivity contribution is 7.45. The fourth-order valence-corrected chi connectivity index (χ4v) is 8.43. The van der Waals surface area contributed by atoms with Gasteiger partial charge in [0.25, 0.3) is 7.82 Å². The van der Waals surface area contributed by atoms with Gasteiger partial charge in [0.05, 0.1) is 27.7 Å². The number of carbonyl (C=O) groups excluding carboxylic acids is 2. The molecule has 68 heavy (non-hydrogen) atoms. The molecule has 2 atom stereocenters. The topological polar surface area (TPSA) is 111 Å². The second kappa shape index (κ2) is 49.7. The van der Waals surface area contributed by atoms with Crippen LogP contribution >= 0.6 is 7.82 Å². The highest BCUT2D eigenvalue weighted by atomic mass is 31.2. The lowest BCUT2D eigenvalue weighted by atomic mass is 10.0. The number of nitrogens with zero attached hydrogens (tertiary/aromatic N) is 1. The molecule has 2 unspecified atom stereocenters. The van der Waals surface area contributed by atoms with Crippen LogP contribution in [0.5, 0.6) is 0 Å². The average molecular weight is 976 g/mol. The van der Waals surface area contributed by atoms with Crippen molar-refractivity contribution >= 4 is 19.8 Å². The van der Waals surface area contributed by atoms with Gasteiger partial charge in [0, 0.05) is 12.8 Å². The quantitative estimate of drug-likeness (QED) is 0.0195. The molecule has 0 N–H and O–H groups in total. The van der Waals surface area contributed by atoms with Crippen LogP contribution in [0.4, 0.5) is 0 Å². The monoisotopic (exact) mass is 976 g/mol. The average Bonchev–Trinajstić information content (AvgIpc) is 3.30. The number of allylic oxidation sites excluding steroid dienone is 10. The number of hydrogen-bond acceptors (Lipinski definition) is 8. The van der Waals surface area contributed by atoms with Gasteiger partial charge in [0.1, 0.15) is 19.8 Å². The molecule has 0 aliphatic carbocycles. The number of phosphoric acid groups is 1. The number of esters is 2. The fraction of sp³-hybridized carbons (Fsp3) is 0.793. The molecule has 9 nitrogen and oxygen atoms in total. The Morgan fingerprint density at radius 3 is 1.26 bits per heavy atom. The smallest absolute Gasteiger partial charge is 0.306 e. The Balaban J connectivity index is 4.18. The molecule has 0 rings (SSSR count). The van der Waals surface area contributed by atoms with E-state index >= 15 is 0 Å². The van der Waals surface area contributed by atoms with Gasteiger partial charge < -0.3 is 27.9 Å². The normalized spacial score (nSPS) is 13.8. The third kappa shape index (κ3) is 53.1. The van der Waals surface area contributed by atoms with Crippen molar-refractivity contribution in [3.8, 4) is 0 Å². The summed E-state index contributed by atoms with van der Waals surface area (Å²) in [6.45, 7) is 4.13. The zero-order valence-electron chi connectivity index (χ0n) is 44.8. The van der Waals surface area contributed by atoms with E-state index in [2.05, 4.69) is 74.6 Å². The van der Waals surface area contributed by atoms with Crippen LogP contribution in [0.2, 0.25) is 0 Å². The molecule has 396 valence electrons. The minimum absolute atomic E-state index is 0.0355. The molecule has 0 aromatic heterocycles. The summed E-state index contributed by atoms with van der Waals surface area (Å²) in [6.07, 6.45) is 62.6. The summed E-state index contributed by atoms with van der Waals surface area (Å²) >= 11 is 0. The standard InChI is InChI=1S/C58H106NO8P/c1-6-8-10-12-14-16-18-20-22-24-26-27-28-29-30-31-33-34-36-38-40-42-44-46-48-50-57(60)64-54-56(55-66-68(62,63)65-53-52-59(3,4)5)67-58(61)51-49-47-45-43-41-39-37-35-32-25-23-21-19-17-15-13-11-9-7-2/h9,11,15,17,21,23-24,26,32,35,56H,6-8,10,12-14,16,18-20,22,25,27-31,33-34,36-55H2,1-5H3/b11-9-,17-15-,23-21-,26-24-,35-32-. The van der Waals surface area contributed by atoms with E-state index in [0.29, 0.717) is 17.4 Å². The Kier molecular flexibility index (Phi) is 48.0. The van der Waals surface area contributed by atoms with Gasteiger partial charge in [-0.3, -0.25) is 14.2 Å². The van der Waals surface area contributed by atoms with Crippen LogP contribution in [0, 0.1) is 0 Å². The van der Waals surface area contributed by atoms with Crippen LogP contribution < -0.4 is 4.89 Å². The molecule has 0 aromatic rings. The fourth-order valence-electron chi connectivity index (χ4n) is 7.70. The van der Waals surface area contributed by atoms with Gasteiger partial charge in [0.15, 0.2) is 6.10 Å². The van der Waals surface area contributed by atoms with Crippen molar-refractivity contribution in [1.29, 1.82) is 0 Å². The van der Waals surface area contributed by atoms with Crippen molar-refractivity contribution < 1.29 is 42.1 Å². The summed E-state index contributed by atoms with van der Waals surface area (Å²) in [6, 6.07) is 0. The lowest BCUT2D eigenvalue weighted by Gasteiger charge is -2.28. The van der Waals surface area contributed by atoms with E-state index < -0.39 is 26.5 Å². The van der Waals surface area contributed by atoms with Gasteiger partial charge in [-0.05, 0) is 77.0 Å². The summed E-state index contributed by atoms with van der Waals surface area (Å²) in [7, 11) is 1.15. The van der Waals surface area contributed by atoms with Gasteiger partial charge in [-0.1, -0.05) is 216 Å². The minimum atomic E-state index is -4.64. The van der Waals surface area contributed by atoms with E-state index in [1.54, 1.807) is 0 Å². The SMILES string of the molecule is CC/C=C\C/C=C\C/C=C\C/C=C\CCCCCCCCC(=O)OC(COC(=O)CCCCCCCCCCCCCCC/C=C\CCCCCCCCCC)COP(=O)([O-])OCC[N+](C)(C)C. The summed E-state index contributed by atoms with van der Waals surface area (Å²) in [4.78, 5) is 37.8. The first-order valence-corrected chi connectivity index (χ1v) is 29.5. The van der Waals surface area contributed by atoms with E-state index in [0.717, 1.165) is 83.5 Å². The largest absolute Gasteiger partial charge is 0.756 e. The Morgan fingerprint density at radius 2 is 0.838 bits per heavy atom. The molecule has 0 aromatic carbocycles. The van der Waals surface area contributed by atoms with Gasteiger partial charge in [-0.25, -0.2) is 0 Å². The van der Waals surface area contributed by atoms with Crippen LogP contribution in [-0.4, -0.2) is 70.0 Å². The molecule has 0 heterocycles. The summed E-state index contributed by atoms with van der Waals surface area (Å²) in [5.41, 5.74) is 0. The summed E-state index contributed by atoms with van der Waals surface area (Å²) in [5.74, 6) is -0.846. The number of phosphoric ester groups is 1. The first-order valence-electron chi connectivity index (χ1n) is 28.0. The Hall–Kier alpha value is -2.29. The zero-order chi connectivity index (χ0) is 49.9. The maximum Gasteiger partial charge on any atom is 0.306 e. The van der Waals surface area contributed by atoms with E-state index in [4.69, 9.17) is 18.5 Å². The molecule has 10 heteroatoms. The molecule has 0 amide bonds. The second-order valence-corrected chi connectivity index (χ2v) is 21.3. The maximum atomic E-state index is 12.8. The van der Waals surface area contributed by atoms with E-state index in [-0.39, 0.29) is 32.0 Å². The molecular weight excluding hydrogens is 870 g/mol. The van der Waals surface area contributed by atoms with Crippen LogP contribution in [0.25, 0.3) is 0 Å². The Labute approximate surface area is 419 Å². The van der Waals surface area contributed by atoms with Crippen LogP contribution in [0.1, 0.15) is 245 Å². The van der Waals surface area contributed by atoms with Crippen LogP contribution in [0.3, 0.4) is 0 Å². The molecule has 0 radical (unpaired) electrons. The van der Waals surface area contributed by atoms with Gasteiger partial charge in [0.2, 0.25) is 0 Å². The minimum Gasteiger partial charge on any atom is -0.756 e. The molecule has 0 bridgehead atoms. The summed E-state index contributed by atoms with van der Waals surface area (Å²) in [5, 5.41) is 0. The van der Waals surface area contributed by atoms with Crippen LogP contribution in [0.15, 0.2) is 60.8 Å². The second-order valence-electron chi connectivity index (χ2n) is 19.9. The highest BCUT2D eigenvalue weighted by Crippen LogP contribution is 2.38. The van der Waals surface area contributed by atoms with Gasteiger partial charge in [-0.15, -0.1) is 0 Å². The Bertz CT molecular complexity index is 1340. The zero-order valence-corrected chi connectivity index (χ0v) is 45.7. The number of hydrogen-bond donors (Lipinski definition) is 0. The summed E-state index contributed by atoms with van der Waals surface area (Å²) < 4.78 is 34.1. The van der Waals surface area contributed by atoms with E-state index in [1.165, 1.54) is 128 Å². The first-order chi connectivity index (χ1) is 33.0. The lowest BCUT2D eigenvalue weighted by Crippen LogP contribution is -2.37. The van der Waals surface area contributed by atoms with Crippen molar-refractivity contribution in [2.45, 2.75) is 251 Å². The molecular formula is C58H106NO8P. The van der Waals surface area contributed by atoms with E-state index in [1.807, 2.05) is 21.1 Å². The number of likely N-dealkylation sites (N-methyl/N-ethyl adjacent to an activating group) is 1. The number of carbonyl (C=O) groups is 2. The number of ether oxygens (including phenoxy) is 2. The van der Waals surface area contributed by atoms with Crippen molar-refractivity contribution in [3.63, 3.8) is 0 Å². The third-order valence-electron chi connectivity index (χ3n) is 12.0. The molecule has 0 saturated carbocycles. The maximum absolute atomic E-state index is 12.8. The number of unbranched alkanes of at least 4 members (excludes halogenated alkanes) is 27.